The van der Waals surface area contributed by atoms with Gasteiger partial charge in [0.25, 0.3) is 5.91 Å². The van der Waals surface area contributed by atoms with E-state index in [1.807, 2.05) is 13.0 Å². The Bertz CT molecular complexity index is 562. The highest BCUT2D eigenvalue weighted by molar-refractivity contribution is 5.97. The molecule has 0 aliphatic heterocycles. The number of nitrogens with one attached hydrogen (secondary N) is 1. The number of amides is 1. The first-order valence-electron chi connectivity index (χ1n) is 7.91. The van der Waals surface area contributed by atoms with Gasteiger partial charge in [-0.3, -0.25) is 4.79 Å². The van der Waals surface area contributed by atoms with Gasteiger partial charge in [0.15, 0.2) is 0 Å². The fraction of sp³-hybridized carbons (Fsp3) is 0.588. The number of hydrogen-bond donors (Lipinski definition) is 2. The van der Waals surface area contributed by atoms with Crippen molar-refractivity contribution < 1.29 is 9.53 Å². The zero-order chi connectivity index (χ0) is 15.0. The van der Waals surface area contributed by atoms with Gasteiger partial charge >= 0.3 is 0 Å². The Labute approximate surface area is 126 Å². The Balaban J connectivity index is 1.92. The number of rotatable bonds is 5. The minimum Gasteiger partial charge on any atom is -0.492 e. The summed E-state index contributed by atoms with van der Waals surface area (Å²) in [6.07, 6.45) is 5.37. The Hall–Kier alpha value is -1.55. The fourth-order valence-electron chi connectivity index (χ4n) is 2.99. The molecule has 3 rings (SSSR count). The number of benzene rings is 1. The molecule has 1 aromatic carbocycles. The molecule has 0 unspecified atom stereocenters. The van der Waals surface area contributed by atoms with E-state index in [-0.39, 0.29) is 11.9 Å². The molecular formula is C17H24N2O2. The number of hydrogen-bond acceptors (Lipinski definition) is 3. The number of nitrogens with two attached hydrogens (primary N) is 1. The van der Waals surface area contributed by atoms with Crippen LogP contribution in [-0.2, 0) is 12.8 Å². The second kappa shape index (κ2) is 5.68. The van der Waals surface area contributed by atoms with Crippen LogP contribution in [0.2, 0.25) is 0 Å². The van der Waals surface area contributed by atoms with E-state index in [4.69, 9.17) is 10.5 Å². The van der Waals surface area contributed by atoms with Crippen LogP contribution in [-0.4, -0.2) is 24.6 Å². The molecule has 4 nitrogen and oxygen atoms in total. The number of carbonyl (C=O) groups excluding carboxylic acids is 1. The lowest BCUT2D eigenvalue weighted by Gasteiger charge is -2.17. The van der Waals surface area contributed by atoms with Crippen LogP contribution >= 0.6 is 0 Å². The van der Waals surface area contributed by atoms with Crippen molar-refractivity contribution in [3.63, 3.8) is 0 Å². The number of fused-ring (bicyclic) bond motifs is 1. The third-order valence-electron chi connectivity index (χ3n) is 4.30. The van der Waals surface area contributed by atoms with Gasteiger partial charge < -0.3 is 15.8 Å². The van der Waals surface area contributed by atoms with E-state index in [0.717, 1.165) is 43.4 Å². The van der Waals surface area contributed by atoms with E-state index >= 15 is 0 Å². The van der Waals surface area contributed by atoms with Crippen LogP contribution in [0.25, 0.3) is 0 Å². The lowest BCUT2D eigenvalue weighted by atomic mass is 9.97. The van der Waals surface area contributed by atoms with Gasteiger partial charge in [0.2, 0.25) is 0 Å². The van der Waals surface area contributed by atoms with Gasteiger partial charge in [0, 0.05) is 17.6 Å². The quantitative estimate of drug-likeness (QED) is 0.872. The first kappa shape index (κ1) is 14.4. The van der Waals surface area contributed by atoms with Gasteiger partial charge in [-0.1, -0.05) is 0 Å². The first-order valence-corrected chi connectivity index (χ1v) is 7.91. The van der Waals surface area contributed by atoms with E-state index in [1.54, 1.807) is 0 Å². The molecule has 3 N–H and O–H groups in total. The van der Waals surface area contributed by atoms with Gasteiger partial charge in [-0.2, -0.15) is 0 Å². The van der Waals surface area contributed by atoms with E-state index in [2.05, 4.69) is 12.2 Å². The molecule has 114 valence electrons. The van der Waals surface area contributed by atoms with Crippen molar-refractivity contribution in [2.75, 3.05) is 6.61 Å². The maximum absolute atomic E-state index is 12.5. The predicted octanol–water partition coefficient (Wildman–Crippen LogP) is 2.10. The summed E-state index contributed by atoms with van der Waals surface area (Å²) >= 11 is 0. The normalized spacial score (nSPS) is 18.2. The Kier molecular flexibility index (Phi) is 3.89. The van der Waals surface area contributed by atoms with Crippen LogP contribution in [0.4, 0.5) is 0 Å². The average Bonchev–Trinajstić information content (AvgIpc) is 3.11. The van der Waals surface area contributed by atoms with Crippen LogP contribution in [0.5, 0.6) is 5.75 Å². The monoisotopic (exact) mass is 288 g/mol. The van der Waals surface area contributed by atoms with Crippen molar-refractivity contribution in [2.24, 2.45) is 5.73 Å². The maximum atomic E-state index is 12.5. The van der Waals surface area contributed by atoms with Gasteiger partial charge in [0.05, 0.1) is 0 Å². The molecular weight excluding hydrogens is 264 g/mol. The van der Waals surface area contributed by atoms with Crippen molar-refractivity contribution in [3.05, 3.63) is 28.3 Å². The lowest BCUT2D eigenvalue weighted by Crippen LogP contribution is -2.27. The zero-order valence-electron chi connectivity index (χ0n) is 12.9. The molecule has 0 radical (unpaired) electrons. The minimum absolute atomic E-state index is 0.0126. The lowest BCUT2D eigenvalue weighted by molar-refractivity contribution is 0.0949. The molecule has 0 aromatic heterocycles. The molecule has 2 aliphatic rings. The van der Waals surface area contributed by atoms with Crippen molar-refractivity contribution in [1.29, 1.82) is 0 Å². The Morgan fingerprint density at radius 1 is 1.43 bits per heavy atom. The van der Waals surface area contributed by atoms with Crippen molar-refractivity contribution in [1.82, 2.24) is 5.32 Å². The number of carbonyl (C=O) groups is 1. The minimum atomic E-state index is -0.0126. The molecule has 0 heterocycles. The first-order chi connectivity index (χ1) is 10.1. The Morgan fingerprint density at radius 3 is 2.81 bits per heavy atom. The Morgan fingerprint density at radius 2 is 2.14 bits per heavy atom. The molecule has 4 heteroatoms. The fourth-order valence-corrected chi connectivity index (χ4v) is 2.99. The SMILES string of the molecule is Cc1c(OC[C@H](C)N)cc(C(=O)NC2CC2)c2c1CCC2. The van der Waals surface area contributed by atoms with Crippen LogP contribution in [0.1, 0.15) is 53.2 Å². The van der Waals surface area contributed by atoms with Crippen LogP contribution in [0.3, 0.4) is 0 Å². The smallest absolute Gasteiger partial charge is 0.251 e. The standard InChI is InChI=1S/C17H24N2O2/c1-10(18)9-21-16-8-15(17(20)19-12-6-7-12)14-5-3-4-13(14)11(16)2/h8,10,12H,3-7,9,18H2,1-2H3,(H,19,20)/t10-/m0/s1. The maximum Gasteiger partial charge on any atom is 0.251 e. The summed E-state index contributed by atoms with van der Waals surface area (Å²) in [5, 5.41) is 3.09. The summed E-state index contributed by atoms with van der Waals surface area (Å²) in [5.41, 5.74) is 10.3. The zero-order valence-corrected chi connectivity index (χ0v) is 12.9. The molecule has 21 heavy (non-hydrogen) atoms. The second-order valence-corrected chi connectivity index (χ2v) is 6.39. The highest BCUT2D eigenvalue weighted by atomic mass is 16.5. The van der Waals surface area contributed by atoms with E-state index in [1.165, 1.54) is 16.7 Å². The summed E-state index contributed by atoms with van der Waals surface area (Å²) in [4.78, 5) is 12.5. The van der Waals surface area contributed by atoms with Gasteiger partial charge in [0.1, 0.15) is 12.4 Å². The molecule has 1 fully saturated rings. The van der Waals surface area contributed by atoms with Crippen molar-refractivity contribution >= 4 is 5.91 Å². The third kappa shape index (κ3) is 3.05. The van der Waals surface area contributed by atoms with Gasteiger partial charge in [-0.25, -0.2) is 0 Å². The molecule has 1 atom stereocenters. The van der Waals surface area contributed by atoms with Gasteiger partial charge in [-0.15, -0.1) is 0 Å². The molecule has 0 spiro atoms. The highest BCUT2D eigenvalue weighted by Gasteiger charge is 2.28. The van der Waals surface area contributed by atoms with Crippen LogP contribution < -0.4 is 15.8 Å². The van der Waals surface area contributed by atoms with Crippen LogP contribution in [0, 0.1) is 6.92 Å². The molecule has 1 saturated carbocycles. The summed E-state index contributed by atoms with van der Waals surface area (Å²) in [5.74, 6) is 0.871. The molecule has 1 amide bonds. The van der Waals surface area contributed by atoms with E-state index < -0.39 is 0 Å². The van der Waals surface area contributed by atoms with Crippen LogP contribution in [0.15, 0.2) is 6.07 Å². The largest absolute Gasteiger partial charge is 0.492 e. The average molecular weight is 288 g/mol. The summed E-state index contributed by atoms with van der Waals surface area (Å²) < 4.78 is 5.83. The molecule has 0 bridgehead atoms. The topological polar surface area (TPSA) is 64.3 Å². The summed E-state index contributed by atoms with van der Waals surface area (Å²) in [6, 6.07) is 2.28. The molecule has 1 aromatic rings. The second-order valence-electron chi connectivity index (χ2n) is 6.39. The summed E-state index contributed by atoms with van der Waals surface area (Å²) in [7, 11) is 0. The molecule has 2 aliphatic carbocycles. The van der Waals surface area contributed by atoms with E-state index in [9.17, 15) is 4.79 Å². The predicted molar refractivity (Wildman–Crippen MR) is 82.8 cm³/mol. The molecule has 0 saturated heterocycles. The highest BCUT2D eigenvalue weighted by Crippen LogP contribution is 2.35. The van der Waals surface area contributed by atoms with E-state index in [0.29, 0.717) is 12.6 Å². The third-order valence-corrected chi connectivity index (χ3v) is 4.30. The number of ether oxygens (including phenoxy) is 1. The van der Waals surface area contributed by atoms with Crippen molar-refractivity contribution in [2.45, 2.75) is 58.0 Å². The van der Waals surface area contributed by atoms with Crippen molar-refractivity contribution in [3.8, 4) is 5.75 Å². The van der Waals surface area contributed by atoms with Gasteiger partial charge in [-0.05, 0) is 68.7 Å². The summed E-state index contributed by atoms with van der Waals surface area (Å²) in [6.45, 7) is 4.48.